The number of carboxylic acids is 1. The van der Waals surface area contributed by atoms with E-state index in [1.807, 2.05) is 7.05 Å². The van der Waals surface area contributed by atoms with Crippen LogP contribution in [0.1, 0.15) is 144 Å². The van der Waals surface area contributed by atoms with Crippen molar-refractivity contribution in [1.29, 1.82) is 5.26 Å². The molecule has 7 rings (SSSR count). The molecule has 0 bridgehead atoms. The van der Waals surface area contributed by atoms with Crippen molar-refractivity contribution in [2.75, 3.05) is 0 Å². The van der Waals surface area contributed by atoms with Gasteiger partial charge in [0.25, 0.3) is 0 Å². The number of aliphatic carboxylic acids is 1. The lowest BCUT2D eigenvalue weighted by molar-refractivity contribution is -0.235. The van der Waals surface area contributed by atoms with Crippen LogP contribution in [0.3, 0.4) is 0 Å². The van der Waals surface area contributed by atoms with Crippen LogP contribution >= 0.6 is 0 Å². The van der Waals surface area contributed by atoms with Crippen LogP contribution in [-0.4, -0.2) is 53.8 Å². The molecular formula is C45H61N5O6. The second-order valence-electron chi connectivity index (χ2n) is 20.4. The number of esters is 1. The van der Waals surface area contributed by atoms with Crippen LogP contribution in [-0.2, 0) is 26.2 Å². The number of nitriles is 1. The molecule has 5 aliphatic carbocycles. The minimum Gasteiger partial charge on any atom is -0.481 e. The number of carbonyl (C=O) groups excluding carboxylic acids is 2. The van der Waals surface area contributed by atoms with E-state index in [1.54, 1.807) is 30.5 Å². The highest BCUT2D eigenvalue weighted by Crippen LogP contribution is 2.77. The molecule has 2 N–H and O–H groups in total. The largest absolute Gasteiger partial charge is 0.481 e. The van der Waals surface area contributed by atoms with Crippen molar-refractivity contribution in [3.8, 4) is 17.6 Å². The molecule has 11 heteroatoms. The van der Waals surface area contributed by atoms with Gasteiger partial charge in [-0.05, 0) is 128 Å². The maximum absolute atomic E-state index is 14.3. The van der Waals surface area contributed by atoms with Crippen molar-refractivity contribution in [3.63, 3.8) is 0 Å². The van der Waals surface area contributed by atoms with E-state index in [0.29, 0.717) is 41.2 Å². The number of ether oxygens (including phenoxy) is 1. The van der Waals surface area contributed by atoms with Gasteiger partial charge in [-0.15, -0.1) is 10.2 Å². The number of pyridine rings is 1. The molecule has 56 heavy (non-hydrogen) atoms. The van der Waals surface area contributed by atoms with Crippen LogP contribution in [0.25, 0.3) is 11.5 Å². The average Bonchev–Trinajstić information content (AvgIpc) is 3.66. The molecule has 0 saturated heterocycles. The Morgan fingerprint density at radius 1 is 1.00 bits per heavy atom. The van der Waals surface area contributed by atoms with Crippen LogP contribution in [0.4, 0.5) is 0 Å². The third-order valence-electron chi connectivity index (χ3n) is 16.7. The summed E-state index contributed by atoms with van der Waals surface area (Å²) in [5.41, 5.74) is 0.687. The van der Waals surface area contributed by atoms with Gasteiger partial charge < -0.3 is 19.5 Å². The number of carboxylic acid groups (broad SMARTS) is 1. The van der Waals surface area contributed by atoms with Gasteiger partial charge in [-0.2, -0.15) is 5.26 Å². The number of aliphatic hydroxyl groups is 1. The van der Waals surface area contributed by atoms with Gasteiger partial charge in [0.05, 0.1) is 17.4 Å². The van der Waals surface area contributed by atoms with Crippen LogP contribution in [0.2, 0.25) is 0 Å². The molecule has 0 aliphatic heterocycles. The lowest BCUT2D eigenvalue weighted by Crippen LogP contribution is -2.66. The van der Waals surface area contributed by atoms with Crippen molar-refractivity contribution >= 4 is 17.7 Å². The Morgan fingerprint density at radius 2 is 1.71 bits per heavy atom. The zero-order valence-electron chi connectivity index (χ0n) is 35.0. The summed E-state index contributed by atoms with van der Waals surface area (Å²) in [6, 6.07) is 5.53. The molecule has 0 radical (unpaired) electrons. The van der Waals surface area contributed by atoms with Gasteiger partial charge in [0, 0.05) is 30.5 Å². The van der Waals surface area contributed by atoms with Gasteiger partial charge in [0.1, 0.15) is 24.0 Å². The van der Waals surface area contributed by atoms with E-state index >= 15 is 0 Å². The fourth-order valence-electron chi connectivity index (χ4n) is 13.5. The standard InChI is InChI=1S/C45H61N5O6/c1-25(2)34-29(51)21-45(36(53)38-49-48-37(50(38)10)28-13-11-26(23-46)24-47-28)20-19-43(8)27(35(34)45)12-14-31-42(7)17-16-32(56-33(52)22-40(3,4)39(54)55)41(5,6)30(42)15-18-44(31,43)9/h11,13,24-25,27,30-32,36,53H,12,14-22H2,1-10H3,(H,54,55)/t27-,30?,31?,32+,36?,42+,43-,44-,45-/m1/s1. The highest BCUT2D eigenvalue weighted by molar-refractivity contribution is 6.00. The summed E-state index contributed by atoms with van der Waals surface area (Å²) in [7, 11) is 1.83. The zero-order chi connectivity index (χ0) is 41.0. The molecule has 0 aromatic carbocycles. The molecular weight excluding hydrogens is 707 g/mol. The maximum Gasteiger partial charge on any atom is 0.309 e. The van der Waals surface area contributed by atoms with E-state index in [2.05, 4.69) is 69.7 Å². The Kier molecular flexibility index (Phi) is 9.59. The molecule has 3 unspecified atom stereocenters. The molecule has 4 saturated carbocycles. The first-order valence-electron chi connectivity index (χ1n) is 20.7. The first-order chi connectivity index (χ1) is 26.1. The van der Waals surface area contributed by atoms with E-state index in [0.717, 1.165) is 56.1 Å². The summed E-state index contributed by atoms with van der Waals surface area (Å²) >= 11 is 0. The fraction of sp³-hybridized carbons (Fsp3) is 0.711. The van der Waals surface area contributed by atoms with Crippen molar-refractivity contribution in [2.45, 2.75) is 139 Å². The van der Waals surface area contributed by atoms with Crippen LogP contribution in [0.5, 0.6) is 0 Å². The number of allylic oxidation sites excluding steroid dienone is 1. The van der Waals surface area contributed by atoms with Gasteiger partial charge in [-0.3, -0.25) is 19.4 Å². The van der Waals surface area contributed by atoms with Crippen LogP contribution in [0, 0.1) is 67.5 Å². The summed E-state index contributed by atoms with van der Waals surface area (Å²) in [5, 5.41) is 40.5. The number of hydrogen-bond acceptors (Lipinski definition) is 9. The molecule has 2 aromatic rings. The van der Waals surface area contributed by atoms with Crippen molar-refractivity contribution in [3.05, 3.63) is 40.9 Å². The number of nitrogens with zero attached hydrogens (tertiary/aromatic N) is 5. The highest BCUT2D eigenvalue weighted by Gasteiger charge is 2.71. The third-order valence-corrected chi connectivity index (χ3v) is 16.7. The molecule has 11 nitrogen and oxygen atoms in total. The first-order valence-corrected chi connectivity index (χ1v) is 20.7. The average molecular weight is 768 g/mol. The second kappa shape index (κ2) is 13.3. The Hall–Kier alpha value is -3.91. The predicted octanol–water partition coefficient (Wildman–Crippen LogP) is 8.18. The number of Topliss-reactive ketones (excluding diaryl/α,β-unsaturated/α-hetero) is 1. The molecule has 4 fully saturated rings. The van der Waals surface area contributed by atoms with Crippen LogP contribution in [0.15, 0.2) is 29.5 Å². The fourth-order valence-corrected chi connectivity index (χ4v) is 13.5. The Morgan fingerprint density at radius 3 is 2.34 bits per heavy atom. The lowest BCUT2D eigenvalue weighted by atomic mass is 9.33. The zero-order valence-corrected chi connectivity index (χ0v) is 35.0. The smallest absolute Gasteiger partial charge is 0.309 e. The predicted molar refractivity (Wildman–Crippen MR) is 209 cm³/mol. The number of aromatic nitrogens is 4. The third kappa shape index (κ3) is 5.66. The Labute approximate surface area is 331 Å². The highest BCUT2D eigenvalue weighted by atomic mass is 16.5. The number of fused-ring (bicyclic) bond motifs is 7. The maximum atomic E-state index is 14.3. The van der Waals surface area contributed by atoms with Gasteiger partial charge >= 0.3 is 11.9 Å². The van der Waals surface area contributed by atoms with Gasteiger partial charge in [-0.25, -0.2) is 0 Å². The van der Waals surface area contributed by atoms with Crippen molar-refractivity contribution in [1.82, 2.24) is 19.7 Å². The van der Waals surface area contributed by atoms with Gasteiger partial charge in [0.2, 0.25) is 0 Å². The second-order valence-corrected chi connectivity index (χ2v) is 20.4. The number of aliphatic hydroxyl groups excluding tert-OH is 1. The van der Waals surface area contributed by atoms with E-state index in [-0.39, 0.29) is 58.2 Å². The summed E-state index contributed by atoms with van der Waals surface area (Å²) < 4.78 is 7.96. The van der Waals surface area contributed by atoms with Crippen molar-refractivity contribution < 1.29 is 29.3 Å². The van der Waals surface area contributed by atoms with E-state index in [1.165, 1.54) is 6.20 Å². The molecule has 0 amide bonds. The van der Waals surface area contributed by atoms with Gasteiger partial charge in [0.15, 0.2) is 17.4 Å². The number of ketones is 1. The minimum absolute atomic E-state index is 0.0109. The molecule has 0 spiro atoms. The molecule has 9 atom stereocenters. The number of rotatable bonds is 8. The number of carbonyl (C=O) groups is 3. The summed E-state index contributed by atoms with van der Waals surface area (Å²) in [6.07, 6.45) is 7.53. The summed E-state index contributed by atoms with van der Waals surface area (Å²) in [5.74, 6) is 0.508. The quantitative estimate of drug-likeness (QED) is 0.250. The SMILES string of the molecule is CC(C)C1=C2[C@H]3CCC4[C@@]5(C)CC[C@H](OC(=O)CC(C)(C)C(=O)O)C(C)(C)C5CC[C@@]4(C)[C@]3(C)CC[C@@]2(C(O)c2nnc(-c3ccc(C#N)cn3)n2C)CC1=O. The normalized spacial score (nSPS) is 35.5. The topological polar surface area (TPSA) is 168 Å². The van der Waals surface area contributed by atoms with Crippen LogP contribution < -0.4 is 0 Å². The van der Waals surface area contributed by atoms with Gasteiger partial charge in [-0.1, -0.05) is 48.5 Å². The molecule has 5 aliphatic rings. The molecule has 2 aromatic heterocycles. The van der Waals surface area contributed by atoms with E-state index < -0.39 is 28.9 Å². The molecule has 2 heterocycles. The Bertz CT molecular complexity index is 2030. The lowest BCUT2D eigenvalue weighted by Gasteiger charge is -2.72. The monoisotopic (exact) mass is 767 g/mol. The summed E-state index contributed by atoms with van der Waals surface area (Å²) in [6.45, 7) is 19.4. The van der Waals surface area contributed by atoms with E-state index in [4.69, 9.17) is 4.74 Å². The molecule has 302 valence electrons. The minimum atomic E-state index is -1.19. The summed E-state index contributed by atoms with van der Waals surface area (Å²) in [4.78, 5) is 43.6. The first kappa shape index (κ1) is 40.3. The Balaban J connectivity index is 1.20. The number of hydrogen-bond donors (Lipinski definition) is 2. The van der Waals surface area contributed by atoms with Crippen molar-refractivity contribution in [2.24, 2.45) is 63.2 Å². The van der Waals surface area contributed by atoms with E-state index in [9.17, 15) is 29.9 Å².